The smallest absolute Gasteiger partial charge is 0.258 e. The Morgan fingerprint density at radius 1 is 0.905 bits per heavy atom. The fraction of sp³-hybridized carbons (Fsp3) is 0.125. The number of hydrogen-bond acceptors (Lipinski definition) is 4. The zero-order valence-corrected chi connectivity index (χ0v) is 11.7. The van der Waals surface area contributed by atoms with Crippen molar-refractivity contribution in [2.75, 3.05) is 19.0 Å². The van der Waals surface area contributed by atoms with Crippen molar-refractivity contribution in [2.24, 2.45) is 0 Å². The van der Waals surface area contributed by atoms with E-state index in [1.807, 2.05) is 43.3 Å². The molecule has 0 amide bonds. The Hall–Kier alpha value is -2.69. The topological polar surface area (TPSA) is 42.2 Å². The van der Waals surface area contributed by atoms with E-state index in [1.165, 1.54) is 12.1 Å². The maximum absolute atomic E-state index is 12.9. The molecule has 21 heavy (non-hydrogen) atoms. The number of rotatable bonds is 3. The van der Waals surface area contributed by atoms with Crippen LogP contribution in [0.5, 0.6) is 0 Å². The van der Waals surface area contributed by atoms with Crippen molar-refractivity contribution in [3.05, 3.63) is 54.3 Å². The van der Waals surface area contributed by atoms with Gasteiger partial charge >= 0.3 is 0 Å². The van der Waals surface area contributed by atoms with Gasteiger partial charge in [0.15, 0.2) is 0 Å². The normalized spacial score (nSPS) is 10.6. The second-order valence-electron chi connectivity index (χ2n) is 4.87. The van der Waals surface area contributed by atoms with Crippen LogP contribution in [0.2, 0.25) is 0 Å². The van der Waals surface area contributed by atoms with Crippen LogP contribution in [0.1, 0.15) is 0 Å². The molecule has 0 N–H and O–H groups in total. The highest BCUT2D eigenvalue weighted by molar-refractivity contribution is 5.62. The molecule has 0 aliphatic carbocycles. The van der Waals surface area contributed by atoms with Gasteiger partial charge in [-0.25, -0.2) is 4.39 Å². The van der Waals surface area contributed by atoms with E-state index in [0.717, 1.165) is 11.3 Å². The van der Waals surface area contributed by atoms with Crippen LogP contribution in [0.25, 0.3) is 22.8 Å². The number of halogens is 1. The van der Waals surface area contributed by atoms with Crippen molar-refractivity contribution in [2.45, 2.75) is 0 Å². The molecule has 0 saturated carbocycles. The molecule has 0 radical (unpaired) electrons. The van der Waals surface area contributed by atoms with Crippen LogP contribution in [0.4, 0.5) is 10.1 Å². The van der Waals surface area contributed by atoms with Gasteiger partial charge in [-0.05, 0) is 48.5 Å². The average molecular weight is 283 g/mol. The van der Waals surface area contributed by atoms with E-state index in [2.05, 4.69) is 10.1 Å². The Labute approximate surface area is 121 Å². The first-order valence-corrected chi connectivity index (χ1v) is 6.51. The zero-order chi connectivity index (χ0) is 14.8. The first-order valence-electron chi connectivity index (χ1n) is 6.51. The molecule has 3 rings (SSSR count). The summed E-state index contributed by atoms with van der Waals surface area (Å²) in [6.07, 6.45) is 0. The number of benzene rings is 2. The molecule has 0 fully saturated rings. The molecule has 0 bridgehead atoms. The summed E-state index contributed by atoms with van der Waals surface area (Å²) in [6, 6.07) is 13.8. The lowest BCUT2D eigenvalue weighted by molar-refractivity contribution is 0.432. The molecule has 0 atom stereocenters. The Morgan fingerprint density at radius 2 is 1.52 bits per heavy atom. The summed E-state index contributed by atoms with van der Waals surface area (Å²) in [7, 11) is 3.96. The number of aromatic nitrogens is 2. The minimum Gasteiger partial charge on any atom is -0.378 e. The molecule has 106 valence electrons. The highest BCUT2D eigenvalue weighted by Crippen LogP contribution is 2.24. The van der Waals surface area contributed by atoms with E-state index < -0.39 is 0 Å². The molecule has 0 saturated heterocycles. The zero-order valence-electron chi connectivity index (χ0n) is 11.7. The van der Waals surface area contributed by atoms with Gasteiger partial charge in [-0.15, -0.1) is 0 Å². The van der Waals surface area contributed by atoms with Crippen LogP contribution in [-0.2, 0) is 0 Å². The lowest BCUT2D eigenvalue weighted by Gasteiger charge is -2.11. The van der Waals surface area contributed by atoms with Gasteiger partial charge in [0.05, 0.1) is 0 Å². The van der Waals surface area contributed by atoms with Crippen molar-refractivity contribution >= 4 is 5.69 Å². The van der Waals surface area contributed by atoms with Crippen molar-refractivity contribution < 1.29 is 8.91 Å². The molecule has 0 spiro atoms. The molecule has 3 aromatic rings. The molecule has 0 aliphatic heterocycles. The highest BCUT2D eigenvalue weighted by Gasteiger charge is 2.10. The first kappa shape index (κ1) is 13.3. The molecule has 5 heteroatoms. The Kier molecular flexibility index (Phi) is 3.39. The summed E-state index contributed by atoms with van der Waals surface area (Å²) in [4.78, 5) is 6.36. The monoisotopic (exact) mass is 283 g/mol. The SMILES string of the molecule is CN(C)c1ccc(-c2noc(-c3ccc(F)cc3)n2)cc1. The molecule has 0 aliphatic rings. The van der Waals surface area contributed by atoms with Crippen LogP contribution in [0.15, 0.2) is 53.1 Å². The Balaban J connectivity index is 1.89. The van der Waals surface area contributed by atoms with Gasteiger partial charge in [-0.2, -0.15) is 4.98 Å². The van der Waals surface area contributed by atoms with Crippen LogP contribution in [0.3, 0.4) is 0 Å². The van der Waals surface area contributed by atoms with Gasteiger partial charge in [0.1, 0.15) is 5.82 Å². The van der Waals surface area contributed by atoms with Gasteiger partial charge in [-0.1, -0.05) is 5.16 Å². The second-order valence-corrected chi connectivity index (χ2v) is 4.87. The Morgan fingerprint density at radius 3 is 2.14 bits per heavy atom. The van der Waals surface area contributed by atoms with Crippen molar-refractivity contribution in [1.29, 1.82) is 0 Å². The van der Waals surface area contributed by atoms with Crippen molar-refractivity contribution in [3.63, 3.8) is 0 Å². The van der Waals surface area contributed by atoms with E-state index in [-0.39, 0.29) is 5.82 Å². The maximum atomic E-state index is 12.9. The summed E-state index contributed by atoms with van der Waals surface area (Å²) in [5.74, 6) is 0.596. The summed E-state index contributed by atoms with van der Waals surface area (Å²) >= 11 is 0. The number of nitrogens with zero attached hydrogens (tertiary/aromatic N) is 3. The summed E-state index contributed by atoms with van der Waals surface area (Å²) < 4.78 is 18.1. The van der Waals surface area contributed by atoms with Crippen LogP contribution in [-0.4, -0.2) is 24.2 Å². The third kappa shape index (κ3) is 2.76. The minimum atomic E-state index is -0.294. The molecule has 4 nitrogen and oxygen atoms in total. The molecule has 1 aromatic heterocycles. The summed E-state index contributed by atoms with van der Waals surface area (Å²) in [5, 5.41) is 3.97. The first-order chi connectivity index (χ1) is 10.1. The number of anilines is 1. The third-order valence-electron chi connectivity index (χ3n) is 3.16. The third-order valence-corrected chi connectivity index (χ3v) is 3.16. The summed E-state index contributed by atoms with van der Waals surface area (Å²) in [5.41, 5.74) is 2.67. The van der Waals surface area contributed by atoms with Gasteiger partial charge in [0.25, 0.3) is 5.89 Å². The standard InChI is InChI=1S/C16H14FN3O/c1-20(2)14-9-5-11(6-10-14)15-18-16(21-19-15)12-3-7-13(17)8-4-12/h3-10H,1-2H3. The fourth-order valence-electron chi connectivity index (χ4n) is 1.96. The van der Waals surface area contributed by atoms with E-state index in [4.69, 9.17) is 4.52 Å². The van der Waals surface area contributed by atoms with E-state index in [0.29, 0.717) is 17.3 Å². The van der Waals surface area contributed by atoms with E-state index in [9.17, 15) is 4.39 Å². The lowest BCUT2D eigenvalue weighted by atomic mass is 10.2. The van der Waals surface area contributed by atoms with Crippen LogP contribution >= 0.6 is 0 Å². The molecular formula is C16H14FN3O. The lowest BCUT2D eigenvalue weighted by Crippen LogP contribution is -2.07. The van der Waals surface area contributed by atoms with Gasteiger partial charge < -0.3 is 9.42 Å². The van der Waals surface area contributed by atoms with E-state index >= 15 is 0 Å². The van der Waals surface area contributed by atoms with Gasteiger partial charge in [0, 0.05) is 30.9 Å². The van der Waals surface area contributed by atoms with Gasteiger partial charge in [0.2, 0.25) is 5.82 Å². The van der Waals surface area contributed by atoms with Crippen molar-refractivity contribution in [1.82, 2.24) is 10.1 Å². The molecule has 2 aromatic carbocycles. The Bertz CT molecular complexity index is 733. The van der Waals surface area contributed by atoms with E-state index in [1.54, 1.807) is 12.1 Å². The highest BCUT2D eigenvalue weighted by atomic mass is 19.1. The molecular weight excluding hydrogens is 269 g/mol. The predicted molar refractivity (Wildman–Crippen MR) is 79.5 cm³/mol. The molecule has 0 unspecified atom stereocenters. The predicted octanol–water partition coefficient (Wildman–Crippen LogP) is 3.61. The fourth-order valence-corrected chi connectivity index (χ4v) is 1.96. The maximum Gasteiger partial charge on any atom is 0.258 e. The van der Waals surface area contributed by atoms with Crippen LogP contribution < -0.4 is 4.90 Å². The molecule has 1 heterocycles. The van der Waals surface area contributed by atoms with Crippen molar-refractivity contribution in [3.8, 4) is 22.8 Å². The van der Waals surface area contributed by atoms with Crippen LogP contribution in [0, 0.1) is 5.82 Å². The second kappa shape index (κ2) is 5.36. The average Bonchev–Trinajstić information content (AvgIpc) is 2.98. The minimum absolute atomic E-state index is 0.294. The largest absolute Gasteiger partial charge is 0.378 e. The number of hydrogen-bond donors (Lipinski definition) is 0. The van der Waals surface area contributed by atoms with Gasteiger partial charge in [-0.3, -0.25) is 0 Å². The summed E-state index contributed by atoms with van der Waals surface area (Å²) in [6.45, 7) is 0. The quantitative estimate of drug-likeness (QED) is 0.736.